The van der Waals surface area contributed by atoms with Crippen LogP contribution in [0.4, 0.5) is 0 Å². The summed E-state index contributed by atoms with van der Waals surface area (Å²) in [5, 5.41) is 9.96. The molecule has 22 heavy (non-hydrogen) atoms. The van der Waals surface area contributed by atoms with Crippen LogP contribution in [0.1, 0.15) is 31.7 Å². The monoisotopic (exact) mass is 304 g/mol. The molecule has 1 aromatic carbocycles. The number of quaternary nitrogens is 1. The predicted molar refractivity (Wildman–Crippen MR) is 83.7 cm³/mol. The van der Waals surface area contributed by atoms with Crippen LogP contribution < -0.4 is 4.90 Å². The summed E-state index contributed by atoms with van der Waals surface area (Å²) < 4.78 is 5.91. The highest BCUT2D eigenvalue weighted by Crippen LogP contribution is 2.31. The summed E-state index contributed by atoms with van der Waals surface area (Å²) in [6.45, 7) is 5.07. The summed E-state index contributed by atoms with van der Waals surface area (Å²) in [6, 6.07) is 9.54. The molecule has 0 spiro atoms. The molecule has 2 bridgehead atoms. The van der Waals surface area contributed by atoms with E-state index in [0.717, 1.165) is 24.9 Å². The Labute approximate surface area is 132 Å². The second-order valence-electron chi connectivity index (χ2n) is 6.70. The van der Waals surface area contributed by atoms with E-state index >= 15 is 0 Å². The average molecular weight is 304 g/mol. The third kappa shape index (κ3) is 2.66. The number of benzene rings is 1. The van der Waals surface area contributed by atoms with Gasteiger partial charge in [0.25, 0.3) is 0 Å². The number of fused-ring (bicyclic) bond motifs is 3. The van der Waals surface area contributed by atoms with Crippen LogP contribution in [-0.4, -0.2) is 43.4 Å². The van der Waals surface area contributed by atoms with E-state index < -0.39 is 5.41 Å². The molecule has 0 aromatic heterocycles. The van der Waals surface area contributed by atoms with Gasteiger partial charge < -0.3 is 14.7 Å². The third-order valence-corrected chi connectivity index (χ3v) is 5.60. The van der Waals surface area contributed by atoms with Gasteiger partial charge in [0.2, 0.25) is 0 Å². The summed E-state index contributed by atoms with van der Waals surface area (Å²) in [4.78, 5) is 14.4. The van der Waals surface area contributed by atoms with Gasteiger partial charge in [0.15, 0.2) is 6.10 Å². The summed E-state index contributed by atoms with van der Waals surface area (Å²) in [5.74, 6) is 0.243. The molecule has 0 radical (unpaired) electrons. The van der Waals surface area contributed by atoms with E-state index in [1.54, 1.807) is 4.90 Å². The molecule has 120 valence electrons. The van der Waals surface area contributed by atoms with Crippen molar-refractivity contribution in [2.45, 2.75) is 37.7 Å². The number of esters is 1. The van der Waals surface area contributed by atoms with E-state index in [-0.39, 0.29) is 18.7 Å². The fourth-order valence-electron chi connectivity index (χ4n) is 3.95. The van der Waals surface area contributed by atoms with E-state index in [4.69, 9.17) is 4.74 Å². The predicted octanol–water partition coefficient (Wildman–Crippen LogP) is 0.547. The van der Waals surface area contributed by atoms with E-state index in [1.165, 1.54) is 13.1 Å². The lowest BCUT2D eigenvalue weighted by Gasteiger charge is -2.42. The highest BCUT2D eigenvalue weighted by atomic mass is 16.5. The Kier molecular flexibility index (Phi) is 4.50. The normalized spacial score (nSPS) is 29.8. The summed E-state index contributed by atoms with van der Waals surface area (Å²) in [5.41, 5.74) is -0.0820. The van der Waals surface area contributed by atoms with Gasteiger partial charge in [0.05, 0.1) is 19.7 Å². The molecule has 3 aliphatic rings. The van der Waals surface area contributed by atoms with Crippen LogP contribution in [-0.2, 0) is 14.9 Å². The molecule has 0 aliphatic carbocycles. The first-order valence-electron chi connectivity index (χ1n) is 8.40. The van der Waals surface area contributed by atoms with Crippen molar-refractivity contribution in [3.8, 4) is 0 Å². The SMILES string of the molecule is CC[C@@](CO)(C(=O)O[C@H]1C[NH+]2CCC1CC2)c1ccccc1. The molecule has 3 heterocycles. The van der Waals surface area contributed by atoms with Gasteiger partial charge in [-0.15, -0.1) is 0 Å². The third-order valence-electron chi connectivity index (χ3n) is 5.60. The topological polar surface area (TPSA) is 51.0 Å². The van der Waals surface area contributed by atoms with Crippen molar-refractivity contribution in [3.05, 3.63) is 35.9 Å². The second-order valence-corrected chi connectivity index (χ2v) is 6.70. The Bertz CT molecular complexity index is 504. The van der Waals surface area contributed by atoms with Crippen LogP contribution in [0.2, 0.25) is 0 Å². The Morgan fingerprint density at radius 2 is 2.00 bits per heavy atom. The van der Waals surface area contributed by atoms with Gasteiger partial charge in [-0.25, -0.2) is 0 Å². The highest BCUT2D eigenvalue weighted by molar-refractivity contribution is 5.83. The van der Waals surface area contributed by atoms with Crippen molar-refractivity contribution in [2.75, 3.05) is 26.2 Å². The van der Waals surface area contributed by atoms with Crippen LogP contribution in [0.15, 0.2) is 30.3 Å². The molecule has 3 aliphatic heterocycles. The Morgan fingerprint density at radius 3 is 2.50 bits per heavy atom. The molecular weight excluding hydrogens is 278 g/mol. The molecule has 1 aromatic rings. The van der Waals surface area contributed by atoms with Gasteiger partial charge >= 0.3 is 5.97 Å². The first kappa shape index (κ1) is 15.5. The van der Waals surface area contributed by atoms with Crippen molar-refractivity contribution in [1.82, 2.24) is 0 Å². The highest BCUT2D eigenvalue weighted by Gasteiger charge is 2.45. The molecule has 0 saturated carbocycles. The maximum atomic E-state index is 12.9. The van der Waals surface area contributed by atoms with Crippen LogP contribution in [0.3, 0.4) is 0 Å². The standard InChI is InChI=1S/C18H25NO3/c1-2-18(13-20,15-6-4-3-5-7-15)17(21)22-16-12-19-10-8-14(16)9-11-19/h3-7,14,16,20H,2,8-13H2,1H3/p+1/t16-,18-/m0/s1. The summed E-state index contributed by atoms with van der Waals surface area (Å²) in [7, 11) is 0. The van der Waals surface area contributed by atoms with Crippen LogP contribution in [0.5, 0.6) is 0 Å². The van der Waals surface area contributed by atoms with Crippen molar-refractivity contribution < 1.29 is 19.5 Å². The number of aliphatic hydroxyl groups excluding tert-OH is 1. The number of piperidine rings is 3. The first-order valence-corrected chi connectivity index (χ1v) is 8.40. The Balaban J connectivity index is 1.78. The zero-order chi connectivity index (χ0) is 15.6. The number of hydrogen-bond acceptors (Lipinski definition) is 3. The molecule has 3 saturated heterocycles. The minimum Gasteiger partial charge on any atom is -0.455 e. The van der Waals surface area contributed by atoms with Gasteiger partial charge in [-0.1, -0.05) is 37.3 Å². The van der Waals surface area contributed by atoms with Gasteiger partial charge in [0, 0.05) is 18.8 Å². The molecule has 4 nitrogen and oxygen atoms in total. The minimum atomic E-state index is -0.928. The molecule has 4 heteroatoms. The van der Waals surface area contributed by atoms with E-state index in [1.807, 2.05) is 37.3 Å². The maximum Gasteiger partial charge on any atom is 0.319 e. The molecule has 2 N–H and O–H groups in total. The van der Waals surface area contributed by atoms with Gasteiger partial charge in [-0.05, 0) is 12.0 Å². The molecule has 3 fully saturated rings. The first-order chi connectivity index (χ1) is 10.7. The molecule has 4 rings (SSSR count). The molecular formula is C18H26NO3+. The van der Waals surface area contributed by atoms with Gasteiger partial charge in [-0.2, -0.15) is 0 Å². The van der Waals surface area contributed by atoms with E-state index in [0.29, 0.717) is 12.3 Å². The number of rotatable bonds is 5. The van der Waals surface area contributed by atoms with Crippen molar-refractivity contribution >= 4 is 5.97 Å². The number of carbonyl (C=O) groups excluding carboxylic acids is 1. The van der Waals surface area contributed by atoms with Crippen molar-refractivity contribution in [2.24, 2.45) is 5.92 Å². The summed E-state index contributed by atoms with van der Waals surface area (Å²) >= 11 is 0. The van der Waals surface area contributed by atoms with Crippen LogP contribution in [0.25, 0.3) is 0 Å². The molecule has 0 amide bonds. The number of carbonyl (C=O) groups is 1. The van der Waals surface area contributed by atoms with Gasteiger partial charge in [-0.3, -0.25) is 4.79 Å². The Hall–Kier alpha value is -1.39. The van der Waals surface area contributed by atoms with E-state index in [2.05, 4.69) is 0 Å². The maximum absolute atomic E-state index is 12.9. The van der Waals surface area contributed by atoms with Gasteiger partial charge in [0.1, 0.15) is 12.0 Å². The number of nitrogens with one attached hydrogen (secondary N) is 1. The zero-order valence-corrected chi connectivity index (χ0v) is 13.3. The lowest BCUT2D eigenvalue weighted by atomic mass is 9.78. The lowest BCUT2D eigenvalue weighted by molar-refractivity contribution is -0.920. The molecule has 2 atom stereocenters. The van der Waals surface area contributed by atoms with Crippen LogP contribution >= 0.6 is 0 Å². The number of hydrogen-bond donors (Lipinski definition) is 2. The zero-order valence-electron chi connectivity index (χ0n) is 13.3. The smallest absolute Gasteiger partial charge is 0.319 e. The van der Waals surface area contributed by atoms with Crippen molar-refractivity contribution in [1.29, 1.82) is 0 Å². The quantitative estimate of drug-likeness (QED) is 0.781. The largest absolute Gasteiger partial charge is 0.455 e. The summed E-state index contributed by atoms with van der Waals surface area (Å²) in [6.07, 6.45) is 2.86. The van der Waals surface area contributed by atoms with Crippen LogP contribution in [0, 0.1) is 5.92 Å². The number of ether oxygens (including phenoxy) is 1. The fraction of sp³-hybridized carbons (Fsp3) is 0.611. The van der Waals surface area contributed by atoms with Crippen molar-refractivity contribution in [3.63, 3.8) is 0 Å². The number of aliphatic hydroxyl groups is 1. The minimum absolute atomic E-state index is 0.0196. The Morgan fingerprint density at radius 1 is 1.32 bits per heavy atom. The lowest BCUT2D eigenvalue weighted by Crippen LogP contribution is -3.16. The molecule has 0 unspecified atom stereocenters. The van der Waals surface area contributed by atoms with E-state index in [9.17, 15) is 9.90 Å². The average Bonchev–Trinajstić information content (AvgIpc) is 2.58. The second kappa shape index (κ2) is 6.39. The fourth-order valence-corrected chi connectivity index (χ4v) is 3.95.